The van der Waals surface area contributed by atoms with Crippen LogP contribution in [0.3, 0.4) is 0 Å². The van der Waals surface area contributed by atoms with Gasteiger partial charge in [0, 0.05) is 55.2 Å². The van der Waals surface area contributed by atoms with Crippen LogP contribution in [-0.4, -0.2) is 77.8 Å². The number of ether oxygens (including phenoxy) is 3. The van der Waals surface area contributed by atoms with Crippen molar-refractivity contribution in [2.45, 2.75) is 113 Å². The van der Waals surface area contributed by atoms with Crippen LogP contribution in [0.25, 0.3) is 0 Å². The van der Waals surface area contributed by atoms with Gasteiger partial charge in [-0.25, -0.2) is 0 Å². The molecule has 2 saturated carbocycles. The lowest BCUT2D eigenvalue weighted by Gasteiger charge is -2.59. The van der Waals surface area contributed by atoms with E-state index >= 15 is 0 Å². The summed E-state index contributed by atoms with van der Waals surface area (Å²) in [5.74, 6) is 1.58. The average molecular weight is 851 g/mol. The molecule has 1 amide bonds. The van der Waals surface area contributed by atoms with Crippen molar-refractivity contribution in [3.8, 4) is 11.5 Å². The highest BCUT2D eigenvalue weighted by Crippen LogP contribution is 2.62. The Kier molecular flexibility index (Phi) is 16.4. The number of oxime groups is 1. The third-order valence-electron chi connectivity index (χ3n) is 13.4. The lowest BCUT2D eigenvalue weighted by Crippen LogP contribution is -2.69. The van der Waals surface area contributed by atoms with Gasteiger partial charge in [-0.2, -0.15) is 0 Å². The van der Waals surface area contributed by atoms with E-state index in [1.165, 1.54) is 30.6 Å². The van der Waals surface area contributed by atoms with Gasteiger partial charge in [-0.3, -0.25) is 4.79 Å². The Morgan fingerprint density at radius 3 is 2.44 bits per heavy atom. The monoisotopic (exact) mass is 850 g/mol. The number of unbranched alkanes of at least 4 members (excludes halogenated alkanes) is 2. The maximum Gasteiger partial charge on any atom is 0.239 e. The number of carbonyl (C=O) groups is 1. The van der Waals surface area contributed by atoms with Crippen molar-refractivity contribution < 1.29 is 34.1 Å². The van der Waals surface area contributed by atoms with Crippen LogP contribution >= 0.6 is 11.8 Å². The fraction of sp³-hybridized carbons (Fsp3) is 0.529. The number of hydrogen-bond donors (Lipinski definition) is 2. The first kappa shape index (κ1) is 44.9. The lowest BCUT2D eigenvalue weighted by atomic mass is 9.55. The number of thioether (sulfide) groups is 1. The van der Waals surface area contributed by atoms with Crippen molar-refractivity contribution in [2.24, 2.45) is 28.8 Å². The number of rotatable bonds is 23. The quantitative estimate of drug-likeness (QED) is 0.0420. The van der Waals surface area contributed by atoms with E-state index < -0.39 is 11.8 Å². The highest BCUT2D eigenvalue weighted by molar-refractivity contribution is 7.99. The molecule has 2 fully saturated rings. The van der Waals surface area contributed by atoms with Crippen LogP contribution in [0.15, 0.2) is 113 Å². The Morgan fingerprint density at radius 2 is 1.70 bits per heavy atom. The number of fused-ring (bicyclic) bond motifs is 2. The molecule has 0 spiro atoms. The van der Waals surface area contributed by atoms with Gasteiger partial charge in [0.25, 0.3) is 0 Å². The number of hydrogen-bond acceptors (Lipinski definition) is 9. The Bertz CT molecular complexity index is 1920. The molecule has 10 heteroatoms. The predicted molar refractivity (Wildman–Crippen MR) is 243 cm³/mol. The summed E-state index contributed by atoms with van der Waals surface area (Å²) in [4.78, 5) is 23.8. The molecule has 0 aromatic heterocycles. The highest BCUT2D eigenvalue weighted by Gasteiger charge is 2.65. The van der Waals surface area contributed by atoms with Crippen molar-refractivity contribution >= 4 is 23.4 Å². The summed E-state index contributed by atoms with van der Waals surface area (Å²) in [7, 11) is 1.91. The van der Waals surface area contributed by atoms with Gasteiger partial charge < -0.3 is 34.2 Å². The molecule has 6 atom stereocenters. The van der Waals surface area contributed by atoms with Crippen LogP contribution in [0.4, 0.5) is 0 Å². The smallest absolute Gasteiger partial charge is 0.239 e. The number of aliphatic hydroxyl groups is 2. The van der Waals surface area contributed by atoms with Crippen LogP contribution in [0, 0.1) is 23.7 Å². The largest absolute Gasteiger partial charge is 0.493 e. The molecule has 1 heterocycles. The van der Waals surface area contributed by atoms with Crippen molar-refractivity contribution in [1.29, 1.82) is 0 Å². The standard InChI is InChI=1S/C51H66N2O7S/c1-3-30-58-51-47(53(2)48(56)27-24-37-16-10-11-17-37)35-45(52-59-36-38-18-6-4-7-19-38)43-33-39(20-12-14-28-54)42(23-13-15-29-55)49(50(43)51)44-34-40(25-26-46(44)60-51)57-31-32-61-41-21-8-5-9-22-41/h3-9,18-19,21-22,25-26,33-34,37,39,42,47,49-50,54-55H,1,10-17,20,23-24,27-32,35-36H2,2H3/t39-,42+,47-,49+,50+,51+/m0/s1. The van der Waals surface area contributed by atoms with Gasteiger partial charge in [0.15, 0.2) is 0 Å². The van der Waals surface area contributed by atoms with E-state index in [0.29, 0.717) is 38.4 Å². The molecule has 2 N–H and O–H groups in total. The molecule has 9 nitrogen and oxygen atoms in total. The first-order valence-electron chi connectivity index (χ1n) is 22.8. The molecule has 0 unspecified atom stereocenters. The molecule has 0 bridgehead atoms. The second-order valence-corrected chi connectivity index (χ2v) is 18.4. The first-order chi connectivity index (χ1) is 30.0. The fourth-order valence-electron chi connectivity index (χ4n) is 10.4. The Labute approximate surface area is 367 Å². The molecular formula is C51H66N2O7S. The number of aliphatic hydroxyl groups excluding tert-OH is 2. The van der Waals surface area contributed by atoms with Crippen LogP contribution in [0.1, 0.15) is 101 Å². The molecule has 7 rings (SSSR count). The summed E-state index contributed by atoms with van der Waals surface area (Å²) in [5.41, 5.74) is 3.92. The molecule has 1 aliphatic heterocycles. The normalized spacial score (nSPS) is 24.9. The number of benzene rings is 3. The number of likely N-dealkylation sites (N-methyl/N-ethyl adjacent to an activating group) is 1. The van der Waals surface area contributed by atoms with Crippen molar-refractivity contribution in [3.05, 3.63) is 114 Å². The van der Waals surface area contributed by atoms with E-state index in [0.717, 1.165) is 78.2 Å². The Hall–Kier alpha value is -4.09. The average Bonchev–Trinajstić information content (AvgIpc) is 3.82. The summed E-state index contributed by atoms with van der Waals surface area (Å²) < 4.78 is 20.9. The summed E-state index contributed by atoms with van der Waals surface area (Å²) in [5, 5.41) is 24.8. The summed E-state index contributed by atoms with van der Waals surface area (Å²) in [6.45, 7) is 5.43. The maximum absolute atomic E-state index is 14.4. The first-order valence-corrected chi connectivity index (χ1v) is 23.7. The minimum atomic E-state index is -1.26. The van der Waals surface area contributed by atoms with E-state index in [2.05, 4.69) is 43.0 Å². The predicted octanol–water partition coefficient (Wildman–Crippen LogP) is 10.1. The zero-order chi connectivity index (χ0) is 42.4. The van der Waals surface area contributed by atoms with Crippen LogP contribution in [-0.2, 0) is 21.0 Å². The van der Waals surface area contributed by atoms with Gasteiger partial charge in [0.1, 0.15) is 24.1 Å². The third kappa shape index (κ3) is 10.9. The van der Waals surface area contributed by atoms with E-state index in [4.69, 9.17) is 24.2 Å². The van der Waals surface area contributed by atoms with Gasteiger partial charge in [0.2, 0.25) is 11.7 Å². The topological polar surface area (TPSA) is 110 Å². The van der Waals surface area contributed by atoms with Gasteiger partial charge >= 0.3 is 0 Å². The number of nitrogens with zero attached hydrogens (tertiary/aromatic N) is 2. The summed E-state index contributed by atoms with van der Waals surface area (Å²) in [6.07, 6.45) is 15.7. The molecule has 61 heavy (non-hydrogen) atoms. The van der Waals surface area contributed by atoms with E-state index in [1.54, 1.807) is 17.8 Å². The zero-order valence-electron chi connectivity index (χ0n) is 36.0. The molecule has 3 aliphatic carbocycles. The van der Waals surface area contributed by atoms with E-state index in [-0.39, 0.29) is 49.4 Å². The van der Waals surface area contributed by atoms with E-state index in [9.17, 15) is 15.0 Å². The molecule has 328 valence electrons. The lowest BCUT2D eigenvalue weighted by molar-refractivity contribution is -0.255. The van der Waals surface area contributed by atoms with Crippen LogP contribution in [0.2, 0.25) is 0 Å². The van der Waals surface area contributed by atoms with Crippen LogP contribution in [0.5, 0.6) is 11.5 Å². The molecule has 0 radical (unpaired) electrons. The second-order valence-electron chi connectivity index (χ2n) is 17.2. The molecule has 3 aromatic rings. The van der Waals surface area contributed by atoms with Crippen molar-refractivity contribution in [3.63, 3.8) is 0 Å². The summed E-state index contributed by atoms with van der Waals surface area (Å²) in [6, 6.07) is 26.1. The van der Waals surface area contributed by atoms with Gasteiger partial charge in [-0.15, -0.1) is 18.3 Å². The minimum Gasteiger partial charge on any atom is -0.493 e. The fourth-order valence-corrected chi connectivity index (χ4v) is 11.1. The Morgan fingerprint density at radius 1 is 0.967 bits per heavy atom. The van der Waals surface area contributed by atoms with Crippen molar-refractivity contribution in [1.82, 2.24) is 4.90 Å². The molecular weight excluding hydrogens is 785 g/mol. The molecule has 0 saturated heterocycles. The van der Waals surface area contributed by atoms with Crippen molar-refractivity contribution in [2.75, 3.05) is 39.2 Å². The number of carbonyl (C=O) groups excluding carboxylic acids is 1. The minimum absolute atomic E-state index is 0.0794. The zero-order valence-corrected chi connectivity index (χ0v) is 36.8. The maximum atomic E-state index is 14.4. The summed E-state index contributed by atoms with van der Waals surface area (Å²) >= 11 is 1.77. The van der Waals surface area contributed by atoms with Gasteiger partial charge in [-0.1, -0.05) is 104 Å². The van der Waals surface area contributed by atoms with Gasteiger partial charge in [0.05, 0.1) is 24.8 Å². The Balaban J connectivity index is 1.32. The number of amides is 1. The number of allylic oxidation sites excluding steroid dienone is 1. The SMILES string of the molecule is C=CCO[C@@]12Oc3ccc(OCCSc4ccccc4)cc3[C@H]3[C@H](CCCCO)[C@@H](CCCCO)C=C(C(=NOCc4ccccc4)C[C@@H]1N(C)C(=O)CCC1CCCC1)[C@H]32. The van der Waals surface area contributed by atoms with Gasteiger partial charge in [-0.05, 0) is 91.3 Å². The van der Waals surface area contributed by atoms with E-state index in [1.807, 2.05) is 60.5 Å². The van der Waals surface area contributed by atoms with Crippen LogP contribution < -0.4 is 9.47 Å². The molecule has 3 aromatic carbocycles. The highest BCUT2D eigenvalue weighted by atomic mass is 32.2. The molecule has 4 aliphatic rings. The third-order valence-corrected chi connectivity index (χ3v) is 14.3. The second kappa shape index (κ2) is 22.3.